The quantitative estimate of drug-likeness (QED) is 0.860. The molecule has 0 atom stereocenters. The Morgan fingerprint density at radius 3 is 2.68 bits per heavy atom. The second-order valence-electron chi connectivity index (χ2n) is 5.53. The Balaban J connectivity index is 1.68. The smallest absolute Gasteiger partial charge is 0.274 e. The zero-order chi connectivity index (χ0) is 15.6. The fourth-order valence-electron chi connectivity index (χ4n) is 2.84. The van der Waals surface area contributed by atoms with Crippen molar-refractivity contribution in [3.63, 3.8) is 0 Å². The molecule has 3 rings (SSSR count). The van der Waals surface area contributed by atoms with E-state index in [2.05, 4.69) is 25.7 Å². The number of fused-ring (bicyclic) bond motifs is 1. The predicted molar refractivity (Wildman–Crippen MR) is 85.6 cm³/mol. The molecular formula is C14H19N5O2S. The highest BCUT2D eigenvalue weighted by Gasteiger charge is 2.21. The molecule has 1 saturated heterocycles. The van der Waals surface area contributed by atoms with Gasteiger partial charge in [0.2, 0.25) is 0 Å². The minimum atomic E-state index is -3.60. The van der Waals surface area contributed by atoms with Crippen LogP contribution in [0.15, 0.2) is 30.6 Å². The van der Waals surface area contributed by atoms with Crippen LogP contribution in [0.25, 0.3) is 11.0 Å². The molecule has 22 heavy (non-hydrogen) atoms. The lowest BCUT2D eigenvalue weighted by Gasteiger charge is -2.33. The molecule has 2 aromatic rings. The van der Waals surface area contributed by atoms with Crippen LogP contribution in [-0.4, -0.2) is 38.0 Å². The molecule has 0 bridgehead atoms. The minimum absolute atomic E-state index is 0.315. The Morgan fingerprint density at radius 1 is 1.23 bits per heavy atom. The molecular weight excluding hydrogens is 302 g/mol. The SMILES string of the molecule is NS(=O)(=O)NCC1CCN(c2cccc3nccnc23)CC1. The van der Waals surface area contributed by atoms with E-state index in [0.29, 0.717) is 12.5 Å². The highest BCUT2D eigenvalue weighted by atomic mass is 32.2. The second kappa shape index (κ2) is 6.15. The molecule has 118 valence electrons. The van der Waals surface area contributed by atoms with Gasteiger partial charge in [0.05, 0.1) is 11.2 Å². The van der Waals surface area contributed by atoms with E-state index in [9.17, 15) is 8.42 Å². The largest absolute Gasteiger partial charge is 0.370 e. The number of aromatic nitrogens is 2. The number of para-hydroxylation sites is 1. The van der Waals surface area contributed by atoms with E-state index in [-0.39, 0.29) is 0 Å². The molecule has 1 aliphatic rings. The van der Waals surface area contributed by atoms with E-state index in [1.807, 2.05) is 12.1 Å². The fourth-order valence-corrected chi connectivity index (χ4v) is 3.31. The summed E-state index contributed by atoms with van der Waals surface area (Å²) in [5.74, 6) is 0.315. The number of anilines is 1. The first-order valence-corrected chi connectivity index (χ1v) is 8.79. The molecule has 1 aromatic heterocycles. The van der Waals surface area contributed by atoms with Gasteiger partial charge in [0.1, 0.15) is 5.52 Å². The Hall–Kier alpha value is -1.77. The van der Waals surface area contributed by atoms with Gasteiger partial charge in [-0.05, 0) is 30.9 Å². The second-order valence-corrected chi connectivity index (χ2v) is 6.90. The third-order valence-electron chi connectivity index (χ3n) is 4.01. The molecule has 1 aliphatic heterocycles. The van der Waals surface area contributed by atoms with Gasteiger partial charge in [-0.25, -0.2) is 9.86 Å². The topological polar surface area (TPSA) is 101 Å². The summed E-state index contributed by atoms with van der Waals surface area (Å²) in [6, 6.07) is 6.00. The van der Waals surface area contributed by atoms with Crippen molar-refractivity contribution in [1.29, 1.82) is 0 Å². The summed E-state index contributed by atoms with van der Waals surface area (Å²) in [5, 5.41) is 4.97. The first-order chi connectivity index (χ1) is 10.5. The Labute approximate surface area is 129 Å². The lowest BCUT2D eigenvalue weighted by molar-refractivity contribution is 0.402. The van der Waals surface area contributed by atoms with Crippen LogP contribution in [-0.2, 0) is 10.2 Å². The highest BCUT2D eigenvalue weighted by Crippen LogP contribution is 2.27. The number of nitrogens with two attached hydrogens (primary N) is 1. The molecule has 0 amide bonds. The normalized spacial score (nSPS) is 17.0. The van der Waals surface area contributed by atoms with E-state index in [1.165, 1.54) is 0 Å². The third-order valence-corrected chi connectivity index (χ3v) is 4.57. The average molecular weight is 321 g/mol. The summed E-state index contributed by atoms with van der Waals surface area (Å²) in [7, 11) is -3.60. The maximum Gasteiger partial charge on any atom is 0.274 e. The van der Waals surface area contributed by atoms with Crippen molar-refractivity contribution in [1.82, 2.24) is 14.7 Å². The first-order valence-electron chi connectivity index (χ1n) is 7.25. The molecule has 7 nitrogen and oxygen atoms in total. The summed E-state index contributed by atoms with van der Waals surface area (Å²) in [6.45, 7) is 2.14. The molecule has 1 aromatic carbocycles. The summed E-state index contributed by atoms with van der Waals surface area (Å²) in [6.07, 6.45) is 5.23. The minimum Gasteiger partial charge on any atom is -0.370 e. The zero-order valence-electron chi connectivity index (χ0n) is 12.1. The molecule has 2 heterocycles. The maximum atomic E-state index is 10.9. The van der Waals surface area contributed by atoms with Crippen molar-refractivity contribution in [2.75, 3.05) is 24.5 Å². The van der Waals surface area contributed by atoms with Crippen LogP contribution in [0.3, 0.4) is 0 Å². The van der Waals surface area contributed by atoms with Crippen LogP contribution in [0.1, 0.15) is 12.8 Å². The number of hydrogen-bond donors (Lipinski definition) is 2. The van der Waals surface area contributed by atoms with Crippen LogP contribution in [0.5, 0.6) is 0 Å². The Bertz CT molecular complexity index is 751. The zero-order valence-corrected chi connectivity index (χ0v) is 13.0. The van der Waals surface area contributed by atoms with Gasteiger partial charge in [0, 0.05) is 32.0 Å². The van der Waals surface area contributed by atoms with E-state index < -0.39 is 10.2 Å². The first kappa shape index (κ1) is 15.1. The number of rotatable bonds is 4. The lowest BCUT2D eigenvalue weighted by atomic mass is 9.96. The summed E-state index contributed by atoms with van der Waals surface area (Å²) in [5.41, 5.74) is 2.88. The van der Waals surface area contributed by atoms with Gasteiger partial charge < -0.3 is 4.90 Å². The number of piperidine rings is 1. The van der Waals surface area contributed by atoms with Gasteiger partial charge >= 0.3 is 0 Å². The van der Waals surface area contributed by atoms with E-state index in [0.717, 1.165) is 42.7 Å². The van der Waals surface area contributed by atoms with Crippen LogP contribution >= 0.6 is 0 Å². The van der Waals surface area contributed by atoms with Crippen molar-refractivity contribution in [2.45, 2.75) is 12.8 Å². The van der Waals surface area contributed by atoms with E-state index >= 15 is 0 Å². The molecule has 1 fully saturated rings. The standard InChI is InChI=1S/C14H19N5O2S/c15-22(20,21)18-10-11-4-8-19(9-5-11)13-3-1-2-12-14(13)17-7-6-16-12/h1-3,6-7,11,18H,4-5,8-10H2,(H2,15,20,21). The number of hydrogen-bond acceptors (Lipinski definition) is 5. The van der Waals surface area contributed by atoms with Crippen LogP contribution in [0.2, 0.25) is 0 Å². The molecule has 8 heteroatoms. The van der Waals surface area contributed by atoms with E-state index in [1.54, 1.807) is 12.4 Å². The molecule has 3 N–H and O–H groups in total. The van der Waals surface area contributed by atoms with Gasteiger partial charge in [-0.1, -0.05) is 6.07 Å². The summed E-state index contributed by atoms with van der Waals surface area (Å²) in [4.78, 5) is 11.0. The monoisotopic (exact) mass is 321 g/mol. The van der Waals surface area contributed by atoms with Gasteiger partial charge in [-0.2, -0.15) is 8.42 Å². The van der Waals surface area contributed by atoms with Gasteiger partial charge in [0.25, 0.3) is 10.2 Å². The van der Waals surface area contributed by atoms with Gasteiger partial charge in [0.15, 0.2) is 0 Å². The lowest BCUT2D eigenvalue weighted by Crippen LogP contribution is -2.40. The highest BCUT2D eigenvalue weighted by molar-refractivity contribution is 7.87. The molecule has 0 radical (unpaired) electrons. The van der Waals surface area contributed by atoms with Crippen LogP contribution in [0.4, 0.5) is 5.69 Å². The van der Waals surface area contributed by atoms with Crippen molar-refractivity contribution in [3.05, 3.63) is 30.6 Å². The van der Waals surface area contributed by atoms with Crippen molar-refractivity contribution in [3.8, 4) is 0 Å². The summed E-state index contributed by atoms with van der Waals surface area (Å²) >= 11 is 0. The third kappa shape index (κ3) is 3.52. The number of nitrogens with zero attached hydrogens (tertiary/aromatic N) is 3. The van der Waals surface area contributed by atoms with Crippen LogP contribution < -0.4 is 14.8 Å². The number of nitrogens with one attached hydrogen (secondary N) is 1. The number of benzene rings is 1. The Morgan fingerprint density at radius 2 is 1.95 bits per heavy atom. The summed E-state index contributed by atoms with van der Waals surface area (Å²) < 4.78 is 24.3. The Kier molecular flexibility index (Phi) is 4.23. The van der Waals surface area contributed by atoms with Crippen molar-refractivity contribution < 1.29 is 8.42 Å². The molecule has 0 spiro atoms. The average Bonchev–Trinajstić information content (AvgIpc) is 2.52. The molecule has 0 unspecified atom stereocenters. The molecule has 0 saturated carbocycles. The predicted octanol–water partition coefficient (Wildman–Crippen LogP) is 0.639. The van der Waals surface area contributed by atoms with Crippen molar-refractivity contribution in [2.24, 2.45) is 11.1 Å². The van der Waals surface area contributed by atoms with Crippen molar-refractivity contribution >= 4 is 26.9 Å². The maximum absolute atomic E-state index is 10.9. The fraction of sp³-hybridized carbons (Fsp3) is 0.429. The van der Waals surface area contributed by atoms with E-state index in [4.69, 9.17) is 5.14 Å². The molecule has 0 aliphatic carbocycles. The van der Waals surface area contributed by atoms with Crippen LogP contribution in [0, 0.1) is 5.92 Å². The van der Waals surface area contributed by atoms with Gasteiger partial charge in [-0.3, -0.25) is 9.97 Å². The van der Waals surface area contributed by atoms with Gasteiger partial charge in [-0.15, -0.1) is 0 Å².